The molecule has 1 aromatic heterocycles. The van der Waals surface area contributed by atoms with Crippen LogP contribution < -0.4 is 5.32 Å². The lowest BCUT2D eigenvalue weighted by Crippen LogP contribution is -2.33. The van der Waals surface area contributed by atoms with Gasteiger partial charge in [-0.05, 0) is 24.3 Å². The van der Waals surface area contributed by atoms with Crippen molar-refractivity contribution in [3.8, 4) is 6.07 Å². The molecule has 1 aromatic rings. The van der Waals surface area contributed by atoms with Crippen molar-refractivity contribution in [1.29, 1.82) is 5.26 Å². The molecular formula is C11H14N2OS. The fraction of sp³-hybridized carbons (Fsp3) is 0.455. The van der Waals surface area contributed by atoms with Gasteiger partial charge in [0.2, 0.25) is 0 Å². The molecule has 80 valence electrons. The van der Waals surface area contributed by atoms with Crippen LogP contribution in [0.15, 0.2) is 10.8 Å². The zero-order valence-corrected chi connectivity index (χ0v) is 9.73. The fourth-order valence-corrected chi connectivity index (χ4v) is 2.11. The van der Waals surface area contributed by atoms with Crippen molar-refractivity contribution in [3.63, 3.8) is 0 Å². The van der Waals surface area contributed by atoms with E-state index in [1.807, 2.05) is 24.6 Å². The van der Waals surface area contributed by atoms with Crippen molar-refractivity contribution in [2.75, 3.05) is 0 Å². The third-order valence-corrected chi connectivity index (χ3v) is 3.00. The van der Waals surface area contributed by atoms with Crippen molar-refractivity contribution < 1.29 is 4.79 Å². The van der Waals surface area contributed by atoms with Crippen molar-refractivity contribution in [2.45, 2.75) is 32.7 Å². The Morgan fingerprint density at radius 3 is 2.87 bits per heavy atom. The number of hydrogen-bond donors (Lipinski definition) is 1. The number of amides is 1. The van der Waals surface area contributed by atoms with Crippen LogP contribution in [0.2, 0.25) is 0 Å². The first kappa shape index (κ1) is 11.7. The van der Waals surface area contributed by atoms with Crippen LogP contribution >= 0.6 is 11.3 Å². The van der Waals surface area contributed by atoms with Crippen molar-refractivity contribution in [3.05, 3.63) is 21.9 Å². The van der Waals surface area contributed by atoms with Gasteiger partial charge in [0.25, 0.3) is 5.91 Å². The van der Waals surface area contributed by atoms with Crippen LogP contribution in [0.25, 0.3) is 0 Å². The largest absolute Gasteiger partial charge is 0.336 e. The molecule has 3 nitrogen and oxygen atoms in total. The molecule has 0 bridgehead atoms. The van der Waals surface area contributed by atoms with Gasteiger partial charge in [0.05, 0.1) is 11.6 Å². The second kappa shape index (κ2) is 5.52. The molecule has 0 saturated carbocycles. The predicted octanol–water partition coefficient (Wildman–Crippen LogP) is 2.48. The van der Waals surface area contributed by atoms with Gasteiger partial charge in [-0.2, -0.15) is 16.6 Å². The Kier molecular flexibility index (Phi) is 4.32. The normalized spacial score (nSPS) is 11.8. The summed E-state index contributed by atoms with van der Waals surface area (Å²) in [5.41, 5.74) is 1.64. The number of hydrogen-bond acceptors (Lipinski definition) is 3. The summed E-state index contributed by atoms with van der Waals surface area (Å²) in [7, 11) is 0. The Hall–Kier alpha value is -1.34. The van der Waals surface area contributed by atoms with Crippen LogP contribution in [-0.2, 0) is 0 Å². The summed E-state index contributed by atoms with van der Waals surface area (Å²) in [5.74, 6) is -0.145. The smallest absolute Gasteiger partial charge is 0.253 e. The molecule has 0 fully saturated rings. The first-order chi connectivity index (χ1) is 7.19. The summed E-state index contributed by atoms with van der Waals surface area (Å²) in [6.07, 6.45) is 1.59. The van der Waals surface area contributed by atoms with Gasteiger partial charge < -0.3 is 5.32 Å². The molecule has 1 heterocycles. The molecular weight excluding hydrogens is 208 g/mol. The predicted molar refractivity (Wildman–Crippen MR) is 60.8 cm³/mol. The molecule has 1 amide bonds. The Balaban J connectivity index is 2.64. The lowest BCUT2D eigenvalue weighted by molar-refractivity contribution is 0.0944. The van der Waals surface area contributed by atoms with Crippen LogP contribution in [0.4, 0.5) is 0 Å². The van der Waals surface area contributed by atoms with Crippen molar-refractivity contribution >= 4 is 17.2 Å². The standard InChI is InChI=1S/C11H14N2OS/c1-3-4-9(5-12)13-11(14)10-7-15-6-8(10)2/h6-7,9H,3-4H2,1-2H3,(H,13,14). The summed E-state index contributed by atoms with van der Waals surface area (Å²) >= 11 is 1.50. The van der Waals surface area contributed by atoms with E-state index in [0.717, 1.165) is 12.0 Å². The molecule has 15 heavy (non-hydrogen) atoms. The van der Waals surface area contributed by atoms with E-state index in [-0.39, 0.29) is 11.9 Å². The van der Waals surface area contributed by atoms with E-state index < -0.39 is 0 Å². The van der Waals surface area contributed by atoms with Gasteiger partial charge in [0, 0.05) is 5.38 Å². The maximum Gasteiger partial charge on any atom is 0.253 e. The first-order valence-electron chi connectivity index (χ1n) is 4.92. The lowest BCUT2D eigenvalue weighted by Gasteiger charge is -2.09. The maximum absolute atomic E-state index is 11.7. The summed E-state index contributed by atoms with van der Waals surface area (Å²) in [6.45, 7) is 3.89. The lowest BCUT2D eigenvalue weighted by atomic mass is 10.1. The number of nitrogens with zero attached hydrogens (tertiary/aromatic N) is 1. The average Bonchev–Trinajstić information content (AvgIpc) is 2.63. The summed E-state index contributed by atoms with van der Waals surface area (Å²) in [5, 5.41) is 15.3. The molecule has 1 rings (SSSR count). The molecule has 0 aromatic carbocycles. The number of rotatable bonds is 4. The molecule has 4 heteroatoms. The third kappa shape index (κ3) is 3.07. The van der Waals surface area contributed by atoms with E-state index in [9.17, 15) is 4.79 Å². The number of nitrogens with one attached hydrogen (secondary N) is 1. The van der Waals surface area contributed by atoms with Gasteiger partial charge in [-0.3, -0.25) is 4.79 Å². The van der Waals surface area contributed by atoms with Crippen LogP contribution in [0.1, 0.15) is 35.7 Å². The fourth-order valence-electron chi connectivity index (χ4n) is 1.29. The SMILES string of the molecule is CCCC(C#N)NC(=O)c1cscc1C. The number of aryl methyl sites for hydroxylation is 1. The molecule has 0 spiro atoms. The highest BCUT2D eigenvalue weighted by Crippen LogP contribution is 2.13. The highest BCUT2D eigenvalue weighted by atomic mass is 32.1. The molecule has 0 radical (unpaired) electrons. The summed E-state index contributed by atoms with van der Waals surface area (Å²) < 4.78 is 0. The molecule has 1 N–H and O–H groups in total. The van der Waals surface area contributed by atoms with E-state index in [0.29, 0.717) is 12.0 Å². The Morgan fingerprint density at radius 2 is 2.40 bits per heavy atom. The molecule has 0 saturated heterocycles. The van der Waals surface area contributed by atoms with E-state index >= 15 is 0 Å². The topological polar surface area (TPSA) is 52.9 Å². The van der Waals surface area contributed by atoms with Gasteiger partial charge >= 0.3 is 0 Å². The van der Waals surface area contributed by atoms with E-state index in [1.165, 1.54) is 11.3 Å². The van der Waals surface area contributed by atoms with E-state index in [1.54, 1.807) is 0 Å². The molecule has 1 unspecified atom stereocenters. The quantitative estimate of drug-likeness (QED) is 0.850. The highest BCUT2D eigenvalue weighted by molar-refractivity contribution is 7.08. The first-order valence-corrected chi connectivity index (χ1v) is 5.86. The van der Waals surface area contributed by atoms with Crippen LogP contribution in [0.5, 0.6) is 0 Å². The number of nitriles is 1. The molecule has 0 aliphatic rings. The number of thiophene rings is 1. The molecule has 0 aliphatic carbocycles. The van der Waals surface area contributed by atoms with Gasteiger partial charge in [-0.25, -0.2) is 0 Å². The van der Waals surface area contributed by atoms with Crippen LogP contribution in [0.3, 0.4) is 0 Å². The van der Waals surface area contributed by atoms with Gasteiger partial charge in [-0.1, -0.05) is 13.3 Å². The maximum atomic E-state index is 11.7. The second-order valence-electron chi connectivity index (χ2n) is 3.41. The van der Waals surface area contributed by atoms with E-state index in [4.69, 9.17) is 5.26 Å². The van der Waals surface area contributed by atoms with Gasteiger partial charge in [0.15, 0.2) is 0 Å². The minimum absolute atomic E-state index is 0.145. The van der Waals surface area contributed by atoms with Crippen molar-refractivity contribution in [2.24, 2.45) is 0 Å². The summed E-state index contributed by atoms with van der Waals surface area (Å²) in [6, 6.07) is 1.71. The zero-order valence-electron chi connectivity index (χ0n) is 8.91. The third-order valence-electron chi connectivity index (χ3n) is 2.14. The Morgan fingerprint density at radius 1 is 1.67 bits per heavy atom. The van der Waals surface area contributed by atoms with Crippen LogP contribution in [-0.4, -0.2) is 11.9 Å². The number of carbonyl (C=O) groups excluding carboxylic acids is 1. The average molecular weight is 222 g/mol. The van der Waals surface area contributed by atoms with Gasteiger partial charge in [0.1, 0.15) is 6.04 Å². The Labute approximate surface area is 93.7 Å². The second-order valence-corrected chi connectivity index (χ2v) is 4.16. The highest BCUT2D eigenvalue weighted by Gasteiger charge is 2.14. The van der Waals surface area contributed by atoms with E-state index in [2.05, 4.69) is 11.4 Å². The molecule has 0 aliphatic heterocycles. The monoisotopic (exact) mass is 222 g/mol. The minimum Gasteiger partial charge on any atom is -0.336 e. The number of carbonyl (C=O) groups is 1. The molecule has 1 atom stereocenters. The van der Waals surface area contributed by atoms with Crippen LogP contribution in [0, 0.1) is 18.3 Å². The zero-order chi connectivity index (χ0) is 11.3. The Bertz CT molecular complexity index is 378. The van der Waals surface area contributed by atoms with Gasteiger partial charge in [-0.15, -0.1) is 0 Å². The van der Waals surface area contributed by atoms with Crippen molar-refractivity contribution in [1.82, 2.24) is 5.32 Å². The summed E-state index contributed by atoms with van der Waals surface area (Å²) in [4.78, 5) is 11.7. The minimum atomic E-state index is -0.373.